The number of amides is 15. The van der Waals surface area contributed by atoms with E-state index in [4.69, 9.17) is 37.2 Å². The molecule has 2 aromatic carbocycles. The Balaban J connectivity index is 1.15. The number of unbranched alkanes of at least 4 members (excludes halogenated alkanes) is 14. The number of carbonyl (C=O) groups excluding carboxylic acids is 15. The number of hydrogen-bond donors (Lipinski definition) is 25. The van der Waals surface area contributed by atoms with Gasteiger partial charge in [0.15, 0.2) is 5.96 Å². The number of fused-ring (bicyclic) bond motifs is 1. The van der Waals surface area contributed by atoms with Crippen molar-refractivity contribution < 1.29 is 126 Å². The van der Waals surface area contributed by atoms with Crippen molar-refractivity contribution in [2.45, 2.75) is 291 Å². The first kappa shape index (κ1) is 125. The third kappa shape index (κ3) is 50.2. The van der Waals surface area contributed by atoms with Gasteiger partial charge in [0, 0.05) is 112 Å². The van der Waals surface area contributed by atoms with Crippen LogP contribution in [0.15, 0.2) is 73.3 Å². The zero-order valence-corrected chi connectivity index (χ0v) is 86.1. The number of rotatable bonds is 68. The summed E-state index contributed by atoms with van der Waals surface area (Å²) in [6.45, 7) is -0.984. The number of guanidine groups is 1. The summed E-state index contributed by atoms with van der Waals surface area (Å²) in [6, 6.07) is -3.16. The van der Waals surface area contributed by atoms with Crippen LogP contribution >= 0.6 is 21.6 Å². The van der Waals surface area contributed by atoms with Crippen molar-refractivity contribution in [2.24, 2.45) is 17.2 Å². The number of likely N-dealkylation sites (tertiary alicyclic amines) is 1. The molecule has 0 spiro atoms. The van der Waals surface area contributed by atoms with Crippen LogP contribution < -0.4 is 91.6 Å². The Morgan fingerprint density at radius 2 is 1.07 bits per heavy atom. The number of ether oxygens (including phenoxy) is 2. The van der Waals surface area contributed by atoms with Crippen molar-refractivity contribution in [1.82, 2.24) is 99.2 Å². The molecule has 0 radical (unpaired) electrons. The summed E-state index contributed by atoms with van der Waals surface area (Å²) in [5.74, 6) is -18.5. The molecule has 6 rings (SSSR count). The fourth-order valence-corrected chi connectivity index (χ4v) is 19.1. The van der Waals surface area contributed by atoms with Gasteiger partial charge in [0.2, 0.25) is 88.6 Å². The molecular formula is C98H151N23O26S2. The minimum Gasteiger partial charge on any atom is -0.481 e. The molecule has 2 saturated heterocycles. The Kier molecular flexibility index (Phi) is 59.1. The SMILES string of the molecule is CC(=O)N[C@H]1CCSSC[C@@H](C(=O)N[C@@H](CO)C(=O)N2CCC[C@H]2C(=O)N[C@@H](CCCCN)C(=O)N[C@@H](CCC(=O)O)C(=O)N[C@@H](CCCCN(CC(=O)O)CC(=O)O)C(=O)N[C@@H](CCCCNC(=O)COCCOCCNC(=O)CCCCCCCCCCCCCCC(=O)O)C(N)=O)NC(=O)[C@H](Cc2c[nH]c3ccccc23)NC(=O)[C@H](CCCNC(=N)N)NC(=O)[C@@H](Cc2ccccc2)NC(=O)[C@H](Cc2cnc[nH]2)NC1=O. The van der Waals surface area contributed by atoms with Crippen molar-refractivity contribution in [3.05, 3.63) is 90.1 Å². The highest BCUT2D eigenvalue weighted by molar-refractivity contribution is 8.76. The molecule has 149 heavy (non-hydrogen) atoms. The van der Waals surface area contributed by atoms with Gasteiger partial charge >= 0.3 is 23.9 Å². The van der Waals surface area contributed by atoms with E-state index in [-0.39, 0.29) is 192 Å². The summed E-state index contributed by atoms with van der Waals surface area (Å²) in [7, 11) is 2.06. The number of aliphatic hydroxyl groups is 1. The zero-order chi connectivity index (χ0) is 109. The van der Waals surface area contributed by atoms with Crippen LogP contribution in [0.3, 0.4) is 0 Å². The summed E-state index contributed by atoms with van der Waals surface area (Å²) in [6.07, 6.45) is 15.5. The van der Waals surface area contributed by atoms with Crippen LogP contribution in [-0.2, 0) is 120 Å². The number of aliphatic carboxylic acids is 4. The van der Waals surface area contributed by atoms with Crippen molar-refractivity contribution in [2.75, 3.05) is 96.9 Å². The second kappa shape index (κ2) is 70.7. The smallest absolute Gasteiger partial charge is 0.317 e. The molecule has 28 N–H and O–H groups in total. The molecule has 49 nitrogen and oxygen atoms in total. The number of aromatic nitrogens is 3. The molecule has 51 heteroatoms. The Labute approximate surface area is 872 Å². The van der Waals surface area contributed by atoms with E-state index in [9.17, 15) is 87.5 Å². The highest BCUT2D eigenvalue weighted by atomic mass is 33.1. The van der Waals surface area contributed by atoms with Crippen LogP contribution in [0.5, 0.6) is 0 Å². The van der Waals surface area contributed by atoms with E-state index in [1.54, 1.807) is 60.8 Å². The standard InChI is InChI=1S/C98H151N23O26S2/c1-62(123)109-73-40-50-148-149-60-78(119-93(141)75(52-64-54-107-67-30-18-17-29-66(64)67)116-89(137)71(34-25-43-106-98(101)102)112-92(140)74(51-63-27-13-12-14-28-63)115-94(142)76(117-91(73)139)53-65-55-103-61-108-65)95(143)118-77(58-122)97(145)121-46-26-35-79(121)96(144)114-70(32-19-22-41-99)88(136)113-72(38-39-83(128)129)90(138)111-69(33-21-24-45-120(56-84(130)131)57-85(132)133)87(135)110-68(86(100)134)31-20-23-42-104-81(125)59-147-49-48-146-47-44-105-80(124)36-15-10-8-6-4-2-3-5-7-9-11-16-37-82(126)127/h12-14,17-18,27-30,54-55,61,68-79,107,122H,2-11,15-16,19-26,31-53,56-60,99H2,1H3,(H2,100,134)(H,103,108)(H,104,125)(H,105,124)(H,109,123)(H,110,135)(H,111,138)(H,112,140)(H,113,136)(H,114,144)(H,115,142)(H,116,137)(H,117,139)(H,118,143)(H,119,141)(H,126,127)(H,128,129)(H,130,131)(H,132,133)(H4,101,102,106)/t68-,69-,70-,71-,72-,73-,74+,75-,76-,77-,78-,79-/m0/s1. The minimum atomic E-state index is -1.88. The third-order valence-corrected chi connectivity index (χ3v) is 27.1. The Morgan fingerprint density at radius 3 is 1.68 bits per heavy atom. The van der Waals surface area contributed by atoms with Gasteiger partial charge in [-0.25, -0.2) is 4.98 Å². The van der Waals surface area contributed by atoms with E-state index in [1.165, 1.54) is 32.3 Å². The molecule has 0 bridgehead atoms. The van der Waals surface area contributed by atoms with E-state index in [2.05, 4.69) is 89.4 Å². The monoisotopic (exact) mass is 2130 g/mol. The second-order valence-electron chi connectivity index (χ2n) is 36.8. The number of primary amides is 1. The first-order valence-corrected chi connectivity index (χ1v) is 53.4. The third-order valence-electron chi connectivity index (χ3n) is 24.7. The molecule has 4 aromatic rings. The maximum atomic E-state index is 15.4. The van der Waals surface area contributed by atoms with Gasteiger partial charge in [-0.3, -0.25) is 101 Å². The average Bonchev–Trinajstić information content (AvgIpc) is 1.70. The van der Waals surface area contributed by atoms with Gasteiger partial charge in [-0.2, -0.15) is 0 Å². The Morgan fingerprint density at radius 1 is 0.523 bits per heavy atom. The van der Waals surface area contributed by atoms with E-state index in [0.717, 1.165) is 95.6 Å². The van der Waals surface area contributed by atoms with Crippen LogP contribution in [0, 0.1) is 5.41 Å². The van der Waals surface area contributed by atoms with Crippen LogP contribution in [0.4, 0.5) is 0 Å². The van der Waals surface area contributed by atoms with E-state index in [1.807, 2.05) is 0 Å². The largest absolute Gasteiger partial charge is 0.481 e. The maximum Gasteiger partial charge on any atom is 0.317 e. The van der Waals surface area contributed by atoms with E-state index in [0.29, 0.717) is 40.7 Å². The first-order chi connectivity index (χ1) is 71.5. The zero-order valence-electron chi connectivity index (χ0n) is 84.5. The molecule has 4 heterocycles. The molecular weight excluding hydrogens is 1980 g/mol. The molecule has 15 amide bonds. The van der Waals surface area contributed by atoms with Gasteiger partial charge in [-0.05, 0) is 139 Å². The number of para-hydroxylation sites is 1. The molecule has 2 fully saturated rings. The predicted octanol–water partition coefficient (Wildman–Crippen LogP) is -0.594. The lowest BCUT2D eigenvalue weighted by atomic mass is 10.0. The number of hydrogen-bond acceptors (Lipinski definition) is 28. The lowest BCUT2D eigenvalue weighted by Crippen LogP contribution is -2.61. The Bertz CT molecular complexity index is 4930. The van der Waals surface area contributed by atoms with Gasteiger partial charge in [0.25, 0.3) is 0 Å². The number of imidazole rings is 1. The van der Waals surface area contributed by atoms with Crippen molar-refractivity contribution in [3.8, 4) is 0 Å². The number of carboxylic acid groups (broad SMARTS) is 4. The van der Waals surface area contributed by atoms with Crippen molar-refractivity contribution in [1.29, 1.82) is 5.41 Å². The lowest BCUT2D eigenvalue weighted by molar-refractivity contribution is -0.143. The van der Waals surface area contributed by atoms with Crippen molar-refractivity contribution in [3.63, 3.8) is 0 Å². The highest BCUT2D eigenvalue weighted by Gasteiger charge is 2.42. The number of aromatic amines is 2. The second-order valence-corrected chi connectivity index (χ2v) is 39.4. The maximum absolute atomic E-state index is 15.4. The fourth-order valence-electron chi connectivity index (χ4n) is 16.8. The molecule has 2 aliphatic rings. The molecule has 12 atom stereocenters. The van der Waals surface area contributed by atoms with Crippen LogP contribution in [-0.4, -0.2) is 338 Å². The number of H-pyrrole nitrogens is 2. The number of carboxylic acids is 4. The fraction of sp³-hybridized carbons (Fsp3) is 0.622. The Hall–Kier alpha value is -13.1. The minimum absolute atomic E-state index is 0.0162. The predicted molar refractivity (Wildman–Crippen MR) is 550 cm³/mol. The summed E-state index contributed by atoms with van der Waals surface area (Å²) >= 11 is 0. The quantitative estimate of drug-likeness (QED) is 0.0114. The number of carbonyl (C=O) groups is 19. The van der Waals surface area contributed by atoms with Crippen LogP contribution in [0.1, 0.15) is 216 Å². The molecule has 0 aliphatic carbocycles. The molecule has 826 valence electrons. The van der Waals surface area contributed by atoms with Gasteiger partial charge in [-0.15, -0.1) is 0 Å². The summed E-state index contributed by atoms with van der Waals surface area (Å²) in [5, 5.41) is 94.6. The van der Waals surface area contributed by atoms with Gasteiger partial charge in [0.1, 0.15) is 79.1 Å². The number of aliphatic hydroxyl groups excluding tert-OH is 1. The summed E-state index contributed by atoms with van der Waals surface area (Å²) in [4.78, 5) is 273. The number of nitrogens with one attached hydrogen (secondary N) is 17. The van der Waals surface area contributed by atoms with E-state index >= 15 is 24.0 Å². The first-order valence-electron chi connectivity index (χ1n) is 50.9. The molecule has 2 aliphatic heterocycles. The summed E-state index contributed by atoms with van der Waals surface area (Å²) in [5.41, 5.74) is 19.4. The average molecular weight is 2130 g/mol. The van der Waals surface area contributed by atoms with Gasteiger partial charge in [-0.1, -0.05) is 134 Å². The topological polar surface area (TPSA) is 765 Å². The molecule has 2 aromatic heterocycles. The van der Waals surface area contributed by atoms with Gasteiger partial charge < -0.3 is 142 Å². The number of nitrogens with zero attached hydrogens (tertiary/aromatic N) is 3. The molecule has 0 saturated carbocycles. The highest BCUT2D eigenvalue weighted by Crippen LogP contribution is 2.27. The normalized spacial score (nSPS) is 18.0. The van der Waals surface area contributed by atoms with E-state index < -0.39 is 218 Å². The number of nitrogens with two attached hydrogens (primary N) is 3. The summed E-state index contributed by atoms with van der Waals surface area (Å²) < 4.78 is 11.0. The van der Waals surface area contributed by atoms with Crippen molar-refractivity contribution >= 4 is 151 Å². The lowest BCUT2D eigenvalue weighted by Gasteiger charge is -2.30. The number of benzene rings is 2. The van der Waals surface area contributed by atoms with Crippen LogP contribution in [0.25, 0.3) is 10.9 Å². The van der Waals surface area contributed by atoms with Crippen LogP contribution in [0.2, 0.25) is 0 Å². The molecule has 0 unspecified atom stereocenters. The van der Waals surface area contributed by atoms with Gasteiger partial charge in [0.05, 0.1) is 45.8 Å².